The Morgan fingerprint density at radius 2 is 1.97 bits per heavy atom. The van der Waals surface area contributed by atoms with E-state index in [1.165, 1.54) is 70.6 Å². The molecule has 4 aliphatic carbocycles. The number of hydrogen-bond donors (Lipinski definition) is 2. The minimum Gasteiger partial charge on any atom is -0.310 e. The number of aromatic nitrogens is 3. The van der Waals surface area contributed by atoms with E-state index in [0.29, 0.717) is 19.3 Å². The molecule has 1 aromatic rings. The van der Waals surface area contributed by atoms with Crippen LogP contribution in [0.3, 0.4) is 0 Å². The molecule has 0 aromatic carbocycles. The van der Waals surface area contributed by atoms with Gasteiger partial charge in [-0.3, -0.25) is 0 Å². The Labute approximate surface area is 207 Å². The minimum atomic E-state index is -0.332. The Balaban J connectivity index is 1.31. The zero-order valence-corrected chi connectivity index (χ0v) is 24.5. The van der Waals surface area contributed by atoms with E-state index < -0.39 is 0 Å². The molecule has 0 aliphatic heterocycles. The summed E-state index contributed by atoms with van der Waals surface area (Å²) in [6, 6.07) is 0. The molecule has 0 bridgehead atoms. The summed E-state index contributed by atoms with van der Waals surface area (Å²) >= 11 is 0. The van der Waals surface area contributed by atoms with Crippen LogP contribution in [-0.2, 0) is 0 Å². The van der Waals surface area contributed by atoms with Crippen molar-refractivity contribution < 1.29 is 0 Å². The predicted octanol–water partition coefficient (Wildman–Crippen LogP) is 10.0. The van der Waals surface area contributed by atoms with Crippen LogP contribution in [0.1, 0.15) is 111 Å². The SMILES string of the molecule is CC(C)CCC[C@@H](C)[C@H]1CCC2C3CC=C4CC(p5np[nH][pH][nH]5)CC[C@]4(C)C3CC[C@@]21C. The lowest BCUT2D eigenvalue weighted by molar-refractivity contribution is -0.0503. The van der Waals surface area contributed by atoms with Gasteiger partial charge in [0.05, 0.1) is 7.85 Å². The fourth-order valence-corrected chi connectivity index (χ4v) is 14.2. The topological polar surface area (TPSA) is 44.5 Å². The van der Waals surface area contributed by atoms with Crippen LogP contribution < -0.4 is 0 Å². The van der Waals surface area contributed by atoms with Crippen molar-refractivity contribution in [3.8, 4) is 0 Å². The van der Waals surface area contributed by atoms with Crippen molar-refractivity contribution in [2.75, 3.05) is 0 Å². The number of hydrogen-bond acceptors (Lipinski definition) is 1. The highest BCUT2D eigenvalue weighted by atomic mass is 31.2. The first-order valence-corrected chi connectivity index (χ1v) is 17.2. The lowest BCUT2D eigenvalue weighted by Crippen LogP contribution is -2.50. The lowest BCUT2D eigenvalue weighted by Gasteiger charge is -2.58. The summed E-state index contributed by atoms with van der Waals surface area (Å²) in [6.45, 7) is 12.8. The third-order valence-electron chi connectivity index (χ3n) is 11.0. The summed E-state index contributed by atoms with van der Waals surface area (Å²) < 4.78 is 11.9. The van der Waals surface area contributed by atoms with E-state index in [9.17, 15) is 0 Å². The second-order valence-corrected chi connectivity index (χ2v) is 17.4. The number of rotatable bonds is 6. The highest BCUT2D eigenvalue weighted by Crippen LogP contribution is 2.68. The number of fused-ring (bicyclic) bond motifs is 5. The van der Waals surface area contributed by atoms with E-state index >= 15 is 0 Å². The van der Waals surface area contributed by atoms with Gasteiger partial charge in [0.25, 0.3) is 0 Å². The second-order valence-electron chi connectivity index (χ2n) is 13.1. The molecule has 3 fully saturated rings. The van der Waals surface area contributed by atoms with Crippen LogP contribution in [-0.4, -0.2) is 13.5 Å². The van der Waals surface area contributed by atoms with Crippen LogP contribution in [0.4, 0.5) is 0 Å². The smallest absolute Gasteiger partial charge is 0.138 e. The maximum absolute atomic E-state index is 4.90. The summed E-state index contributed by atoms with van der Waals surface area (Å²) in [5.74, 6) is 5.62. The number of nitrogens with one attached hydrogen (secondary N) is 2. The summed E-state index contributed by atoms with van der Waals surface area (Å²) in [5.41, 5.74) is 3.69. The van der Waals surface area contributed by atoms with Gasteiger partial charge in [0.15, 0.2) is 0 Å². The van der Waals surface area contributed by atoms with Gasteiger partial charge in [-0.05, 0) is 97.7 Å². The van der Waals surface area contributed by atoms with E-state index in [0.717, 1.165) is 49.7 Å². The Bertz CT molecular complexity index is 861. The van der Waals surface area contributed by atoms with Gasteiger partial charge in [-0.15, -0.1) is 0 Å². The normalized spacial score (nSPS) is 42.2. The number of H-pyrrole nitrogens is 2. The molecule has 186 valence electrons. The second kappa shape index (κ2) is 9.83. The predicted molar refractivity (Wildman–Crippen MR) is 147 cm³/mol. The van der Waals surface area contributed by atoms with E-state index in [2.05, 4.69) is 49.7 Å². The van der Waals surface area contributed by atoms with Crippen LogP contribution in [0.25, 0.3) is 0 Å². The summed E-state index contributed by atoms with van der Waals surface area (Å²) in [5, 5.41) is 0. The zero-order chi connectivity index (χ0) is 23.2. The molecule has 10 atom stereocenters. The van der Waals surface area contributed by atoms with Gasteiger partial charge in [-0.1, -0.05) is 65.5 Å². The van der Waals surface area contributed by atoms with Gasteiger partial charge < -0.3 is 9.02 Å². The van der Waals surface area contributed by atoms with Crippen molar-refractivity contribution in [2.24, 2.45) is 46.3 Å². The van der Waals surface area contributed by atoms with E-state index in [1.54, 1.807) is 0 Å². The standard InChI is InChI=1S/C27H48N3P3/c1-18(2)7-6-8-19(3)23-11-12-24-22-10-9-20-17-21(33-29-31-28-32-30-33)13-15-26(20,4)25(22)14-16-27(23,24)5/h9,18-19,21-25,29,31H,6-8,10-17H2,1-5H3,(H,28,30)/t19-,21?,22?,23-,24?,25?,26+,27-,33?/m1/s1. The van der Waals surface area contributed by atoms with E-state index in [1.807, 2.05) is 5.57 Å². The molecular formula is C27H48N3P3. The first kappa shape index (κ1) is 24.7. The zero-order valence-electron chi connectivity index (χ0n) is 21.7. The molecule has 0 spiro atoms. The summed E-state index contributed by atoms with van der Waals surface area (Å²) in [7, 11) is 1.47. The summed E-state index contributed by atoms with van der Waals surface area (Å²) in [4.78, 5) is 0. The fraction of sp³-hybridized carbons (Fsp3) is 0.926. The summed E-state index contributed by atoms with van der Waals surface area (Å²) in [6.07, 6.45) is 18.6. The van der Waals surface area contributed by atoms with Crippen molar-refractivity contribution in [3.63, 3.8) is 0 Å². The molecule has 3 nitrogen and oxygen atoms in total. The van der Waals surface area contributed by atoms with Gasteiger partial charge in [0.2, 0.25) is 0 Å². The Morgan fingerprint density at radius 3 is 2.73 bits per heavy atom. The molecular weight excluding hydrogens is 459 g/mol. The van der Waals surface area contributed by atoms with Gasteiger partial charge in [0, 0.05) is 14.2 Å². The highest BCUT2D eigenvalue weighted by Gasteiger charge is 2.59. The number of nitrogens with zero attached hydrogens (tertiary/aromatic N) is 1. The van der Waals surface area contributed by atoms with Crippen molar-refractivity contribution in [2.45, 2.75) is 111 Å². The van der Waals surface area contributed by atoms with Crippen molar-refractivity contribution in [1.29, 1.82) is 0 Å². The van der Waals surface area contributed by atoms with E-state index in [4.69, 9.17) is 4.51 Å². The molecule has 0 saturated heterocycles. The van der Waals surface area contributed by atoms with E-state index in [-0.39, 0.29) is 7.85 Å². The fourth-order valence-electron chi connectivity index (χ4n) is 9.24. The van der Waals surface area contributed by atoms with Crippen LogP contribution in [0.5, 0.6) is 0 Å². The van der Waals surface area contributed by atoms with Gasteiger partial charge in [0.1, 0.15) is 8.51 Å². The Kier molecular flexibility index (Phi) is 7.36. The Hall–Kier alpha value is 0.0400. The lowest BCUT2D eigenvalue weighted by atomic mass is 9.47. The molecule has 0 amide bonds. The van der Waals surface area contributed by atoms with Crippen LogP contribution in [0, 0.1) is 46.3 Å². The number of allylic oxidation sites excluding steroid dienone is 2. The number of aromatic amines is 2. The van der Waals surface area contributed by atoms with Gasteiger partial charge in [-0.25, -0.2) is 0 Å². The molecule has 4 aliphatic rings. The Morgan fingerprint density at radius 1 is 1.12 bits per heavy atom. The first-order valence-electron chi connectivity index (χ1n) is 14.0. The van der Waals surface area contributed by atoms with Crippen molar-refractivity contribution in [1.82, 2.24) is 13.5 Å². The molecule has 2 N–H and O–H groups in total. The first-order chi connectivity index (χ1) is 15.8. The minimum absolute atomic E-state index is 0.332. The molecule has 1 heterocycles. The van der Waals surface area contributed by atoms with Gasteiger partial charge >= 0.3 is 0 Å². The van der Waals surface area contributed by atoms with Crippen LogP contribution in [0.2, 0.25) is 0 Å². The molecule has 33 heavy (non-hydrogen) atoms. The molecule has 5 rings (SSSR count). The molecule has 6 unspecified atom stereocenters. The van der Waals surface area contributed by atoms with Crippen LogP contribution in [0.15, 0.2) is 11.6 Å². The average molecular weight is 508 g/mol. The quantitative estimate of drug-likeness (QED) is 0.370. The molecule has 3 saturated carbocycles. The largest absolute Gasteiger partial charge is 0.310 e. The van der Waals surface area contributed by atoms with Crippen LogP contribution >= 0.6 is 24.9 Å². The highest BCUT2D eigenvalue weighted by molar-refractivity contribution is 7.53. The third kappa shape index (κ3) is 4.51. The molecule has 0 radical (unpaired) electrons. The maximum Gasteiger partial charge on any atom is 0.138 e. The molecule has 6 heteroatoms. The maximum atomic E-state index is 4.90. The monoisotopic (exact) mass is 507 g/mol. The van der Waals surface area contributed by atoms with Crippen molar-refractivity contribution in [3.05, 3.63) is 11.6 Å². The van der Waals surface area contributed by atoms with Crippen molar-refractivity contribution >= 4 is 24.9 Å². The average Bonchev–Trinajstić information content (AvgIpc) is 3.16. The van der Waals surface area contributed by atoms with Gasteiger partial charge in [-0.2, -0.15) is 4.51 Å². The third-order valence-corrected chi connectivity index (χ3v) is 15.5. The molecule has 1 aromatic heterocycles.